The molecule has 2 heterocycles. The van der Waals surface area contributed by atoms with Crippen LogP contribution >= 0.6 is 0 Å². The molecular weight excluding hydrogens is 420 g/mol. The Hall–Kier alpha value is -3.95. The number of amides is 1. The van der Waals surface area contributed by atoms with Crippen molar-refractivity contribution in [1.29, 1.82) is 10.5 Å². The largest absolute Gasteiger partial charge is 0.438 e. The molecule has 3 saturated carbocycles. The van der Waals surface area contributed by atoms with Crippen molar-refractivity contribution in [2.75, 3.05) is 5.32 Å². The number of carbonyl (C=O) groups is 1. The first kappa shape index (κ1) is 20.9. The third-order valence-corrected chi connectivity index (χ3v) is 6.61. The molecule has 1 atom stereocenters. The first-order valence-electron chi connectivity index (χ1n) is 10.6. The van der Waals surface area contributed by atoms with Crippen molar-refractivity contribution in [2.24, 2.45) is 5.41 Å². The Morgan fingerprint density at radius 1 is 1.21 bits per heavy atom. The molecule has 2 bridgehead atoms. The Balaban J connectivity index is 1.53. The lowest BCUT2D eigenvalue weighted by Gasteiger charge is -2.66. The molecule has 1 aromatic heterocycles. The molecule has 166 valence electrons. The number of ether oxygens (including phenoxy) is 1. The molecule has 0 spiro atoms. The zero-order valence-corrected chi connectivity index (χ0v) is 18.5. The quantitative estimate of drug-likeness (QED) is 0.599. The van der Waals surface area contributed by atoms with Crippen molar-refractivity contribution < 1.29 is 14.6 Å². The highest BCUT2D eigenvalue weighted by Gasteiger charge is 2.69. The van der Waals surface area contributed by atoms with Gasteiger partial charge in [-0.05, 0) is 74.9 Å². The molecule has 1 aliphatic heterocycles. The maximum absolute atomic E-state index is 12.6. The number of carbonyl (C=O) groups excluding carboxylic acids is 1. The summed E-state index contributed by atoms with van der Waals surface area (Å²) in [6.07, 6.45) is 5.26. The molecule has 3 N–H and O–H groups in total. The fourth-order valence-corrected chi connectivity index (χ4v) is 5.26. The lowest BCUT2D eigenvalue weighted by molar-refractivity contribution is -0.0665. The van der Waals surface area contributed by atoms with Crippen LogP contribution in [0.4, 0.5) is 5.95 Å². The van der Waals surface area contributed by atoms with Gasteiger partial charge in [-0.2, -0.15) is 15.5 Å². The van der Waals surface area contributed by atoms with E-state index in [-0.39, 0.29) is 34.0 Å². The molecule has 3 fully saturated rings. The number of nitriles is 2. The summed E-state index contributed by atoms with van der Waals surface area (Å²) in [5.74, 6) is 0.340. The van der Waals surface area contributed by atoms with Gasteiger partial charge in [-0.3, -0.25) is 4.79 Å². The lowest BCUT2D eigenvalue weighted by atomic mass is 9.40. The fourth-order valence-electron chi connectivity index (χ4n) is 5.26. The Morgan fingerprint density at radius 2 is 1.88 bits per heavy atom. The van der Waals surface area contributed by atoms with Crippen molar-refractivity contribution in [2.45, 2.75) is 51.3 Å². The van der Waals surface area contributed by atoms with Crippen LogP contribution in [0.1, 0.15) is 58.9 Å². The number of nitrogens with one attached hydrogen (secondary N) is 2. The van der Waals surface area contributed by atoms with Gasteiger partial charge in [0.05, 0.1) is 23.1 Å². The van der Waals surface area contributed by atoms with Crippen molar-refractivity contribution in [1.82, 2.24) is 15.3 Å². The van der Waals surface area contributed by atoms with E-state index in [1.165, 1.54) is 13.0 Å². The smallest absolute Gasteiger partial charge is 0.273 e. The Morgan fingerprint density at radius 3 is 2.48 bits per heavy atom. The predicted molar refractivity (Wildman–Crippen MR) is 118 cm³/mol. The topological polar surface area (TPSA) is 144 Å². The van der Waals surface area contributed by atoms with E-state index >= 15 is 0 Å². The minimum Gasteiger partial charge on any atom is -0.438 e. The number of aryl methyl sites for hydroxylation is 2. The SMILES string of the molecule is Cc1cc(/C=C/C#N)cc(C)c1Oc1nc(NC23CC(C#N)(C2)C3)nc2c1[C@@](C)(O)NC2=O. The van der Waals surface area contributed by atoms with Gasteiger partial charge in [0.15, 0.2) is 5.72 Å². The van der Waals surface area contributed by atoms with Crippen LogP contribution in [0, 0.1) is 41.9 Å². The summed E-state index contributed by atoms with van der Waals surface area (Å²) in [6, 6.07) is 8.09. The number of allylic oxidation sites excluding steroid dienone is 1. The number of benzene rings is 1. The molecule has 0 radical (unpaired) electrons. The molecule has 9 heteroatoms. The summed E-state index contributed by atoms with van der Waals surface area (Å²) in [7, 11) is 0. The van der Waals surface area contributed by atoms with Crippen molar-refractivity contribution >= 4 is 17.9 Å². The van der Waals surface area contributed by atoms with Crippen molar-refractivity contribution in [3.63, 3.8) is 0 Å². The summed E-state index contributed by atoms with van der Waals surface area (Å²) in [5, 5.41) is 34.7. The highest BCUT2D eigenvalue weighted by atomic mass is 16.5. The van der Waals surface area contributed by atoms with Crippen LogP contribution < -0.4 is 15.4 Å². The molecule has 6 rings (SSSR count). The van der Waals surface area contributed by atoms with Gasteiger partial charge in [-0.1, -0.05) is 0 Å². The third kappa shape index (κ3) is 3.21. The molecule has 1 amide bonds. The Kier molecular flexibility index (Phi) is 4.29. The van der Waals surface area contributed by atoms with Crippen LogP contribution in [0.3, 0.4) is 0 Å². The van der Waals surface area contributed by atoms with Gasteiger partial charge in [-0.25, -0.2) is 4.98 Å². The van der Waals surface area contributed by atoms with Crippen molar-refractivity contribution in [3.05, 3.63) is 46.2 Å². The van der Waals surface area contributed by atoms with E-state index in [1.807, 2.05) is 32.0 Å². The summed E-state index contributed by atoms with van der Waals surface area (Å²) in [4.78, 5) is 21.4. The highest BCUT2D eigenvalue weighted by Crippen LogP contribution is 2.67. The van der Waals surface area contributed by atoms with Gasteiger partial charge >= 0.3 is 0 Å². The molecule has 2 aromatic rings. The number of fused-ring (bicyclic) bond motifs is 1. The summed E-state index contributed by atoms with van der Waals surface area (Å²) in [5.41, 5.74) is 0.532. The molecule has 1 aromatic carbocycles. The molecule has 33 heavy (non-hydrogen) atoms. The molecule has 0 saturated heterocycles. The summed E-state index contributed by atoms with van der Waals surface area (Å²) < 4.78 is 6.20. The van der Waals surface area contributed by atoms with Gasteiger partial charge in [0.1, 0.15) is 11.4 Å². The number of aromatic nitrogens is 2. The minimum atomic E-state index is -1.68. The zero-order chi connectivity index (χ0) is 23.6. The van der Waals surface area contributed by atoms with Crippen LogP contribution in [0.5, 0.6) is 11.6 Å². The maximum Gasteiger partial charge on any atom is 0.273 e. The maximum atomic E-state index is 12.6. The van der Waals surface area contributed by atoms with E-state index in [0.29, 0.717) is 25.0 Å². The van der Waals surface area contributed by atoms with E-state index in [4.69, 9.17) is 10.00 Å². The number of aliphatic hydroxyl groups is 1. The first-order valence-corrected chi connectivity index (χ1v) is 10.6. The minimum absolute atomic E-state index is 0.0537. The molecule has 9 nitrogen and oxygen atoms in total. The average molecular weight is 442 g/mol. The fraction of sp³-hybridized carbons (Fsp3) is 0.375. The lowest BCUT2D eigenvalue weighted by Crippen LogP contribution is -2.70. The van der Waals surface area contributed by atoms with Gasteiger partial charge in [-0.15, -0.1) is 0 Å². The first-order chi connectivity index (χ1) is 15.6. The van der Waals surface area contributed by atoms with Crippen LogP contribution in [-0.2, 0) is 5.72 Å². The number of anilines is 1. The number of hydrogen-bond acceptors (Lipinski definition) is 8. The normalized spacial score (nSPS) is 28.7. The van der Waals surface area contributed by atoms with E-state index in [0.717, 1.165) is 16.7 Å². The standard InChI is InChI=1S/C24H22N6O3/c1-13-7-15(5-4-6-25)8-14(2)18(13)33-20-16-17(19(31)29-22(16,3)32)27-21(28-20)30-24-9-23(10-24,11-24)12-26/h4-5,7-8,32H,9-11H2,1-3H3,(H,29,31)(H,27,28,30)/b5-4+/t22-,23?,24?/m1/s1. The monoisotopic (exact) mass is 442 g/mol. The van der Waals surface area contributed by atoms with Gasteiger partial charge < -0.3 is 20.5 Å². The second kappa shape index (κ2) is 6.77. The van der Waals surface area contributed by atoms with Crippen LogP contribution in [0.2, 0.25) is 0 Å². The second-order valence-corrected chi connectivity index (χ2v) is 9.48. The third-order valence-electron chi connectivity index (χ3n) is 6.61. The Bertz CT molecular complexity index is 1290. The summed E-state index contributed by atoms with van der Waals surface area (Å²) >= 11 is 0. The Labute approximate surface area is 190 Å². The molecule has 3 aliphatic carbocycles. The van der Waals surface area contributed by atoms with Crippen LogP contribution in [-0.4, -0.2) is 26.5 Å². The van der Waals surface area contributed by atoms with E-state index in [1.54, 1.807) is 6.08 Å². The van der Waals surface area contributed by atoms with Gasteiger partial charge in [0.25, 0.3) is 5.91 Å². The number of rotatable bonds is 5. The molecule has 0 unspecified atom stereocenters. The molecular formula is C24H22N6O3. The van der Waals surface area contributed by atoms with E-state index < -0.39 is 11.6 Å². The number of hydrogen-bond donors (Lipinski definition) is 3. The number of nitrogens with zero attached hydrogens (tertiary/aromatic N) is 4. The summed E-state index contributed by atoms with van der Waals surface area (Å²) in [6.45, 7) is 5.20. The highest BCUT2D eigenvalue weighted by molar-refractivity contribution is 5.98. The average Bonchev–Trinajstić information content (AvgIpc) is 2.93. The molecule has 4 aliphatic rings. The van der Waals surface area contributed by atoms with E-state index in [2.05, 4.69) is 26.7 Å². The van der Waals surface area contributed by atoms with E-state index in [9.17, 15) is 15.2 Å². The predicted octanol–water partition coefficient (Wildman–Crippen LogP) is 3.19. The van der Waals surface area contributed by atoms with Gasteiger partial charge in [0, 0.05) is 11.6 Å². The zero-order valence-electron chi connectivity index (χ0n) is 18.5. The van der Waals surface area contributed by atoms with Crippen LogP contribution in [0.15, 0.2) is 18.2 Å². The van der Waals surface area contributed by atoms with Crippen LogP contribution in [0.25, 0.3) is 6.08 Å². The van der Waals surface area contributed by atoms with Crippen molar-refractivity contribution in [3.8, 4) is 23.8 Å². The van der Waals surface area contributed by atoms with Gasteiger partial charge in [0.2, 0.25) is 11.8 Å². The second-order valence-electron chi connectivity index (χ2n) is 9.48.